The van der Waals surface area contributed by atoms with Crippen LogP contribution in [0.4, 0.5) is 5.69 Å². The lowest BCUT2D eigenvalue weighted by Crippen LogP contribution is -2.00. The Hall–Kier alpha value is -0.340. The third-order valence-electron chi connectivity index (χ3n) is 2.62. The highest BCUT2D eigenvalue weighted by atomic mass is 35.5. The first kappa shape index (κ1) is 12.7. The molecule has 2 N–H and O–H groups in total. The third-order valence-corrected chi connectivity index (χ3v) is 4.42. The third kappa shape index (κ3) is 3.62. The second kappa shape index (κ2) is 6.29. The Labute approximate surface area is 101 Å². The van der Waals surface area contributed by atoms with Crippen LogP contribution >= 0.6 is 23.4 Å². The molecule has 0 heterocycles. The van der Waals surface area contributed by atoms with Gasteiger partial charge < -0.3 is 5.73 Å². The van der Waals surface area contributed by atoms with Crippen LogP contribution < -0.4 is 5.73 Å². The lowest BCUT2D eigenvalue weighted by Gasteiger charge is -2.13. The minimum Gasteiger partial charge on any atom is -0.398 e. The van der Waals surface area contributed by atoms with Gasteiger partial charge in [0.2, 0.25) is 0 Å². The highest BCUT2D eigenvalue weighted by Gasteiger charge is 2.08. The molecule has 3 heteroatoms. The van der Waals surface area contributed by atoms with Crippen LogP contribution in [0.25, 0.3) is 0 Å². The normalized spacial score (nSPS) is 10.9. The van der Waals surface area contributed by atoms with Crippen molar-refractivity contribution in [1.29, 1.82) is 0 Å². The summed E-state index contributed by atoms with van der Waals surface area (Å²) in [5.41, 5.74) is 6.68. The lowest BCUT2D eigenvalue weighted by molar-refractivity contribution is 0.554. The van der Waals surface area contributed by atoms with Crippen molar-refractivity contribution in [2.24, 2.45) is 5.92 Å². The summed E-state index contributed by atoms with van der Waals surface area (Å²) in [5, 5.41) is 0.769. The summed E-state index contributed by atoms with van der Waals surface area (Å²) in [5.74, 6) is 1.85. The van der Waals surface area contributed by atoms with Crippen molar-refractivity contribution in [3.8, 4) is 0 Å². The molecule has 1 aromatic carbocycles. The van der Waals surface area contributed by atoms with Crippen LogP contribution in [0, 0.1) is 5.92 Å². The molecule has 0 saturated heterocycles. The molecule has 0 aromatic heterocycles. The van der Waals surface area contributed by atoms with E-state index >= 15 is 0 Å². The number of halogens is 1. The molecule has 0 aliphatic heterocycles. The summed E-state index contributed by atoms with van der Waals surface area (Å²) in [6.45, 7) is 4.45. The van der Waals surface area contributed by atoms with E-state index in [1.807, 2.05) is 18.2 Å². The standard InChI is InChI=1S/C12H18ClNS/c1-3-9(4-2)8-15-12-10(13)6-5-7-11(12)14/h5-7,9H,3-4,8,14H2,1-2H3. The molecule has 0 atom stereocenters. The molecule has 0 radical (unpaired) electrons. The van der Waals surface area contributed by atoms with Crippen molar-refractivity contribution < 1.29 is 0 Å². The predicted octanol–water partition coefficient (Wildman–Crippen LogP) is 4.45. The maximum absolute atomic E-state index is 6.10. The van der Waals surface area contributed by atoms with Crippen molar-refractivity contribution in [3.05, 3.63) is 23.2 Å². The quantitative estimate of drug-likeness (QED) is 0.611. The van der Waals surface area contributed by atoms with Gasteiger partial charge in [-0.1, -0.05) is 44.4 Å². The number of benzene rings is 1. The zero-order chi connectivity index (χ0) is 11.3. The number of hydrogen-bond acceptors (Lipinski definition) is 2. The van der Waals surface area contributed by atoms with Gasteiger partial charge in [0, 0.05) is 16.3 Å². The molecule has 0 saturated carbocycles. The molecule has 0 aliphatic rings. The molecule has 84 valence electrons. The van der Waals surface area contributed by atoms with E-state index in [-0.39, 0.29) is 0 Å². The summed E-state index contributed by atoms with van der Waals surface area (Å²) >= 11 is 7.87. The first-order valence-corrected chi connectivity index (χ1v) is 6.72. The van der Waals surface area contributed by atoms with Crippen LogP contribution in [0.1, 0.15) is 26.7 Å². The van der Waals surface area contributed by atoms with Crippen LogP contribution in [0.2, 0.25) is 5.02 Å². The Balaban J connectivity index is 2.64. The van der Waals surface area contributed by atoms with Gasteiger partial charge in [-0.05, 0) is 18.1 Å². The molecular formula is C12H18ClNS. The van der Waals surface area contributed by atoms with Gasteiger partial charge in [0.15, 0.2) is 0 Å². The summed E-state index contributed by atoms with van der Waals surface area (Å²) < 4.78 is 0. The van der Waals surface area contributed by atoms with E-state index < -0.39 is 0 Å². The van der Waals surface area contributed by atoms with Crippen molar-refractivity contribution >= 4 is 29.1 Å². The average molecular weight is 244 g/mol. The Kier molecular flexibility index (Phi) is 5.34. The Bertz CT molecular complexity index is 290. The van der Waals surface area contributed by atoms with Gasteiger partial charge >= 0.3 is 0 Å². The summed E-state index contributed by atoms with van der Waals surface area (Å²) in [7, 11) is 0. The highest BCUT2D eigenvalue weighted by Crippen LogP contribution is 2.34. The van der Waals surface area contributed by atoms with Gasteiger partial charge in [-0.2, -0.15) is 0 Å². The zero-order valence-electron chi connectivity index (χ0n) is 9.29. The van der Waals surface area contributed by atoms with Gasteiger partial charge in [0.05, 0.1) is 5.02 Å². The highest BCUT2D eigenvalue weighted by molar-refractivity contribution is 7.99. The largest absolute Gasteiger partial charge is 0.398 e. The number of thioether (sulfide) groups is 1. The molecule has 0 amide bonds. The summed E-state index contributed by atoms with van der Waals surface area (Å²) in [6.07, 6.45) is 2.43. The second-order valence-electron chi connectivity index (χ2n) is 3.65. The predicted molar refractivity (Wildman–Crippen MR) is 70.7 cm³/mol. The molecule has 0 unspecified atom stereocenters. The fraction of sp³-hybridized carbons (Fsp3) is 0.500. The van der Waals surface area contributed by atoms with Crippen molar-refractivity contribution in [3.63, 3.8) is 0 Å². The minimum absolute atomic E-state index is 0.755. The maximum atomic E-state index is 6.10. The Morgan fingerprint density at radius 2 is 2.00 bits per heavy atom. The molecule has 1 nitrogen and oxygen atoms in total. The molecule has 1 aromatic rings. The van der Waals surface area contributed by atoms with Gasteiger partial charge in [0.25, 0.3) is 0 Å². The SMILES string of the molecule is CCC(CC)CSc1c(N)cccc1Cl. The van der Waals surface area contributed by atoms with Gasteiger partial charge in [0.1, 0.15) is 0 Å². The van der Waals surface area contributed by atoms with E-state index in [4.69, 9.17) is 17.3 Å². The zero-order valence-corrected chi connectivity index (χ0v) is 10.9. The van der Waals surface area contributed by atoms with E-state index in [0.717, 1.165) is 27.3 Å². The van der Waals surface area contributed by atoms with Crippen molar-refractivity contribution in [2.75, 3.05) is 11.5 Å². The molecular weight excluding hydrogens is 226 g/mol. The molecule has 1 rings (SSSR count). The van der Waals surface area contributed by atoms with Gasteiger partial charge in [-0.25, -0.2) is 0 Å². The van der Waals surface area contributed by atoms with E-state index in [1.54, 1.807) is 11.8 Å². The van der Waals surface area contributed by atoms with E-state index in [1.165, 1.54) is 12.8 Å². The van der Waals surface area contributed by atoms with Crippen molar-refractivity contribution in [2.45, 2.75) is 31.6 Å². The molecule has 0 spiro atoms. The molecule has 0 bridgehead atoms. The van der Waals surface area contributed by atoms with Crippen LogP contribution in [0.3, 0.4) is 0 Å². The number of anilines is 1. The number of hydrogen-bond donors (Lipinski definition) is 1. The lowest BCUT2D eigenvalue weighted by atomic mass is 10.1. The van der Waals surface area contributed by atoms with Gasteiger partial charge in [-0.3, -0.25) is 0 Å². The Morgan fingerprint density at radius 3 is 2.53 bits per heavy atom. The number of nitrogens with two attached hydrogens (primary N) is 1. The van der Waals surface area contributed by atoms with Crippen LogP contribution in [-0.2, 0) is 0 Å². The van der Waals surface area contributed by atoms with Gasteiger partial charge in [-0.15, -0.1) is 11.8 Å². The summed E-state index contributed by atoms with van der Waals surface area (Å²) in [4.78, 5) is 1.03. The van der Waals surface area contributed by atoms with Crippen molar-refractivity contribution in [1.82, 2.24) is 0 Å². The van der Waals surface area contributed by atoms with Crippen LogP contribution in [0.15, 0.2) is 23.1 Å². The summed E-state index contributed by atoms with van der Waals surface area (Å²) in [6, 6.07) is 5.69. The minimum atomic E-state index is 0.755. The number of rotatable bonds is 5. The molecule has 0 aliphatic carbocycles. The first-order chi connectivity index (χ1) is 7.19. The van der Waals surface area contributed by atoms with E-state index in [9.17, 15) is 0 Å². The van der Waals surface area contributed by atoms with Crippen LogP contribution in [-0.4, -0.2) is 5.75 Å². The van der Waals surface area contributed by atoms with E-state index in [0.29, 0.717) is 0 Å². The average Bonchev–Trinajstić information content (AvgIpc) is 2.23. The maximum Gasteiger partial charge on any atom is 0.0562 e. The topological polar surface area (TPSA) is 26.0 Å². The fourth-order valence-electron chi connectivity index (χ4n) is 1.40. The molecule has 15 heavy (non-hydrogen) atoms. The second-order valence-corrected chi connectivity index (χ2v) is 5.09. The Morgan fingerprint density at radius 1 is 1.33 bits per heavy atom. The fourth-order valence-corrected chi connectivity index (χ4v) is 3.06. The molecule has 0 fully saturated rings. The van der Waals surface area contributed by atoms with E-state index in [2.05, 4.69) is 13.8 Å². The van der Waals surface area contributed by atoms with Crippen LogP contribution in [0.5, 0.6) is 0 Å². The smallest absolute Gasteiger partial charge is 0.0562 e. The monoisotopic (exact) mass is 243 g/mol. The number of nitrogen functional groups attached to an aromatic ring is 1. The first-order valence-electron chi connectivity index (χ1n) is 5.35.